The maximum Gasteiger partial charge on any atom is 0.225 e. The van der Waals surface area contributed by atoms with E-state index < -0.39 is 12.1 Å². The highest BCUT2D eigenvalue weighted by Gasteiger charge is 2.33. The van der Waals surface area contributed by atoms with E-state index in [2.05, 4.69) is 20.1 Å². The van der Waals surface area contributed by atoms with E-state index in [0.717, 1.165) is 57.4 Å². The molecule has 2 N–H and O–H groups in total. The van der Waals surface area contributed by atoms with Crippen molar-refractivity contribution in [2.24, 2.45) is 5.92 Å². The van der Waals surface area contributed by atoms with E-state index in [1.54, 1.807) is 6.20 Å². The van der Waals surface area contributed by atoms with Crippen LogP contribution in [0.1, 0.15) is 43.8 Å². The summed E-state index contributed by atoms with van der Waals surface area (Å²) in [6.45, 7) is 4.11. The first kappa shape index (κ1) is 23.4. The van der Waals surface area contributed by atoms with Crippen LogP contribution in [-0.2, 0) is 4.79 Å². The topological polar surface area (TPSA) is 77.9 Å². The van der Waals surface area contributed by atoms with Crippen LogP contribution in [-0.4, -0.2) is 65.8 Å². The molecule has 3 unspecified atom stereocenters. The maximum absolute atomic E-state index is 13.3. The number of anilines is 1. The molecular formula is C26H33ClN4O3. The Morgan fingerprint density at radius 1 is 1.12 bits per heavy atom. The van der Waals surface area contributed by atoms with Crippen LogP contribution >= 0.6 is 11.6 Å². The predicted molar refractivity (Wildman–Crippen MR) is 132 cm³/mol. The number of amides is 1. The van der Waals surface area contributed by atoms with Gasteiger partial charge in [0.15, 0.2) is 0 Å². The number of likely N-dealkylation sites (tertiary alicyclic amines) is 1. The lowest BCUT2D eigenvalue weighted by Crippen LogP contribution is -2.48. The number of aliphatic hydroxyl groups excluding tert-OH is 1. The zero-order chi connectivity index (χ0) is 23.5. The number of pyridine rings is 1. The van der Waals surface area contributed by atoms with Crippen LogP contribution in [0.15, 0.2) is 42.6 Å². The molecule has 3 aliphatic rings. The second-order valence-corrected chi connectivity index (χ2v) is 10.2. The number of carbonyl (C=O) groups is 1. The van der Waals surface area contributed by atoms with Crippen molar-refractivity contribution in [3.63, 3.8) is 0 Å². The molecule has 8 heteroatoms. The van der Waals surface area contributed by atoms with Gasteiger partial charge in [0.05, 0.1) is 12.0 Å². The summed E-state index contributed by atoms with van der Waals surface area (Å²) in [6, 6.07) is 11.0. The van der Waals surface area contributed by atoms with Gasteiger partial charge in [-0.05, 0) is 75.5 Å². The van der Waals surface area contributed by atoms with Crippen LogP contribution in [0.5, 0.6) is 5.88 Å². The Balaban J connectivity index is 1.23. The van der Waals surface area contributed by atoms with Crippen LogP contribution in [0, 0.1) is 5.92 Å². The number of nitrogens with zero attached hydrogens (tertiary/aromatic N) is 3. The fraction of sp³-hybridized carbons (Fsp3) is 0.538. The minimum atomic E-state index is -0.833. The third-order valence-electron chi connectivity index (χ3n) is 7.03. The van der Waals surface area contributed by atoms with Gasteiger partial charge in [-0.3, -0.25) is 4.79 Å². The van der Waals surface area contributed by atoms with Gasteiger partial charge in [0.1, 0.15) is 12.2 Å². The highest BCUT2D eigenvalue weighted by molar-refractivity contribution is 6.30. The molecule has 2 saturated heterocycles. The number of hydrogen-bond acceptors (Lipinski definition) is 6. The molecule has 34 heavy (non-hydrogen) atoms. The molecule has 1 amide bonds. The first-order valence-corrected chi connectivity index (χ1v) is 12.8. The second-order valence-electron chi connectivity index (χ2n) is 9.72. The van der Waals surface area contributed by atoms with Crippen LogP contribution in [0.2, 0.25) is 5.02 Å². The number of benzene rings is 1. The van der Waals surface area contributed by atoms with Crippen molar-refractivity contribution in [2.45, 2.75) is 50.4 Å². The molecule has 3 heterocycles. The van der Waals surface area contributed by atoms with Gasteiger partial charge in [-0.1, -0.05) is 11.6 Å². The SMILES string of the molecule is O=C(NC(CN1CCCC1)C(O)c1ccc(OC2CC2)nc1)C1CCN(c2ccc(Cl)cc2)C1. The molecule has 1 aromatic heterocycles. The molecule has 5 rings (SSSR count). The Morgan fingerprint density at radius 3 is 2.56 bits per heavy atom. The fourth-order valence-electron chi connectivity index (χ4n) is 4.85. The number of aromatic nitrogens is 1. The standard InChI is InChI=1S/C26H33ClN4O3/c27-20-4-6-21(7-5-20)31-14-11-19(16-31)26(33)29-23(17-30-12-1-2-13-30)25(32)18-3-10-24(28-15-18)34-22-8-9-22/h3-7,10,15,19,22-23,25,32H,1-2,8-9,11-14,16-17H2,(H,29,33). The maximum atomic E-state index is 13.3. The summed E-state index contributed by atoms with van der Waals surface area (Å²) < 4.78 is 5.73. The number of ether oxygens (including phenoxy) is 1. The van der Waals surface area contributed by atoms with Gasteiger partial charge in [0.2, 0.25) is 11.8 Å². The monoisotopic (exact) mass is 484 g/mol. The van der Waals surface area contributed by atoms with Crippen molar-refractivity contribution in [3.05, 3.63) is 53.2 Å². The van der Waals surface area contributed by atoms with Crippen molar-refractivity contribution in [2.75, 3.05) is 37.6 Å². The zero-order valence-corrected chi connectivity index (χ0v) is 20.2. The fourth-order valence-corrected chi connectivity index (χ4v) is 4.98. The van der Waals surface area contributed by atoms with Gasteiger partial charge < -0.3 is 25.0 Å². The van der Waals surface area contributed by atoms with Crippen molar-refractivity contribution in [3.8, 4) is 5.88 Å². The highest BCUT2D eigenvalue weighted by atomic mass is 35.5. The Hall–Kier alpha value is -2.35. The van der Waals surface area contributed by atoms with Gasteiger partial charge in [0, 0.05) is 48.2 Å². The largest absolute Gasteiger partial charge is 0.474 e. The Labute approximate surface area is 206 Å². The number of hydrogen-bond donors (Lipinski definition) is 2. The molecular weight excluding hydrogens is 452 g/mol. The van der Waals surface area contributed by atoms with Crippen molar-refractivity contribution >= 4 is 23.2 Å². The lowest BCUT2D eigenvalue weighted by atomic mass is 10.0. The van der Waals surface area contributed by atoms with E-state index in [9.17, 15) is 9.90 Å². The minimum absolute atomic E-state index is 0.00126. The minimum Gasteiger partial charge on any atom is -0.474 e. The van der Waals surface area contributed by atoms with Gasteiger partial charge >= 0.3 is 0 Å². The van der Waals surface area contributed by atoms with Crippen molar-refractivity contribution in [1.82, 2.24) is 15.2 Å². The number of nitrogens with one attached hydrogen (secondary N) is 1. The van der Waals surface area contributed by atoms with Crippen LogP contribution in [0.4, 0.5) is 5.69 Å². The van der Waals surface area contributed by atoms with E-state index in [0.29, 0.717) is 29.6 Å². The number of carbonyl (C=O) groups excluding carboxylic acids is 1. The van der Waals surface area contributed by atoms with E-state index in [-0.39, 0.29) is 17.9 Å². The second kappa shape index (κ2) is 10.5. The molecule has 1 aromatic carbocycles. The quantitative estimate of drug-likeness (QED) is 0.568. The number of rotatable bonds is 9. The van der Waals surface area contributed by atoms with Gasteiger partial charge in [-0.2, -0.15) is 0 Å². The highest BCUT2D eigenvalue weighted by Crippen LogP contribution is 2.28. The molecule has 0 bridgehead atoms. The van der Waals surface area contributed by atoms with Crippen LogP contribution in [0.3, 0.4) is 0 Å². The average molecular weight is 485 g/mol. The summed E-state index contributed by atoms with van der Waals surface area (Å²) in [6.07, 6.45) is 6.37. The summed E-state index contributed by atoms with van der Waals surface area (Å²) in [5.74, 6) is 0.476. The smallest absolute Gasteiger partial charge is 0.225 e. The Morgan fingerprint density at radius 2 is 1.88 bits per heavy atom. The zero-order valence-electron chi connectivity index (χ0n) is 19.4. The summed E-state index contributed by atoms with van der Waals surface area (Å²) in [5.41, 5.74) is 1.77. The molecule has 2 aromatic rings. The summed E-state index contributed by atoms with van der Waals surface area (Å²) >= 11 is 6.02. The van der Waals surface area contributed by atoms with Gasteiger partial charge in [-0.25, -0.2) is 4.98 Å². The normalized spacial score (nSPS) is 22.5. The van der Waals surface area contributed by atoms with Crippen LogP contribution in [0.25, 0.3) is 0 Å². The van der Waals surface area contributed by atoms with Crippen LogP contribution < -0.4 is 15.0 Å². The molecule has 3 atom stereocenters. The average Bonchev–Trinajstić information content (AvgIpc) is 3.29. The van der Waals surface area contributed by atoms with Crippen molar-refractivity contribution in [1.29, 1.82) is 0 Å². The van der Waals surface area contributed by atoms with E-state index in [4.69, 9.17) is 16.3 Å². The molecule has 7 nitrogen and oxygen atoms in total. The van der Waals surface area contributed by atoms with E-state index in [1.165, 1.54) is 0 Å². The lowest BCUT2D eigenvalue weighted by molar-refractivity contribution is -0.126. The molecule has 0 radical (unpaired) electrons. The molecule has 0 spiro atoms. The summed E-state index contributed by atoms with van der Waals surface area (Å²) in [7, 11) is 0. The lowest BCUT2D eigenvalue weighted by Gasteiger charge is -2.29. The first-order valence-electron chi connectivity index (χ1n) is 12.4. The van der Waals surface area contributed by atoms with Gasteiger partial charge in [-0.15, -0.1) is 0 Å². The number of halogens is 1. The van der Waals surface area contributed by atoms with E-state index >= 15 is 0 Å². The molecule has 182 valence electrons. The predicted octanol–water partition coefficient (Wildman–Crippen LogP) is 3.42. The Bertz CT molecular complexity index is 961. The van der Waals surface area contributed by atoms with Crippen molar-refractivity contribution < 1.29 is 14.6 Å². The van der Waals surface area contributed by atoms with E-state index in [1.807, 2.05) is 36.4 Å². The third kappa shape index (κ3) is 5.82. The summed E-state index contributed by atoms with van der Waals surface area (Å²) in [4.78, 5) is 22.2. The molecule has 2 aliphatic heterocycles. The van der Waals surface area contributed by atoms with Gasteiger partial charge in [0.25, 0.3) is 0 Å². The third-order valence-corrected chi connectivity index (χ3v) is 7.28. The molecule has 1 saturated carbocycles. The Kier molecular flexibility index (Phi) is 7.23. The molecule has 1 aliphatic carbocycles. The number of aliphatic hydroxyl groups is 1. The molecule has 3 fully saturated rings. The summed E-state index contributed by atoms with van der Waals surface area (Å²) in [5, 5.41) is 15.1. The first-order chi connectivity index (χ1) is 16.5.